The van der Waals surface area contributed by atoms with E-state index in [-0.39, 0.29) is 47.9 Å². The number of amides is 3. The number of nitrogens with zero attached hydrogens (tertiary/aromatic N) is 2. The van der Waals surface area contributed by atoms with Gasteiger partial charge in [-0.25, -0.2) is 0 Å². The number of hydrogen-bond donors (Lipinski definition) is 0. The van der Waals surface area contributed by atoms with E-state index in [1.54, 1.807) is 4.90 Å². The van der Waals surface area contributed by atoms with E-state index in [9.17, 15) is 14.4 Å². The Kier molecular flexibility index (Phi) is 3.15. The summed E-state index contributed by atoms with van der Waals surface area (Å²) in [6.07, 6.45) is 5.05. The monoisotopic (exact) mass is 276 g/mol. The summed E-state index contributed by atoms with van der Waals surface area (Å²) in [5.41, 5.74) is 0. The fourth-order valence-corrected chi connectivity index (χ4v) is 3.93. The first-order valence-corrected chi connectivity index (χ1v) is 7.39. The number of carbonyl (C=O) groups excluding carboxylic acids is 3. The summed E-state index contributed by atoms with van der Waals surface area (Å²) in [4.78, 5) is 39.8. The molecule has 1 heterocycles. The van der Waals surface area contributed by atoms with Crippen molar-refractivity contribution in [2.45, 2.75) is 20.3 Å². The Hall–Kier alpha value is -1.65. The Bertz CT molecular complexity index is 465. The molecule has 2 fully saturated rings. The minimum absolute atomic E-state index is 0.0915. The molecule has 0 N–H and O–H groups in total. The van der Waals surface area contributed by atoms with Crippen LogP contribution < -0.4 is 0 Å². The molecule has 2 bridgehead atoms. The van der Waals surface area contributed by atoms with Crippen molar-refractivity contribution in [3.8, 4) is 0 Å². The molecule has 1 saturated heterocycles. The van der Waals surface area contributed by atoms with Gasteiger partial charge in [0, 0.05) is 13.1 Å². The van der Waals surface area contributed by atoms with Crippen LogP contribution in [0.5, 0.6) is 0 Å². The highest BCUT2D eigenvalue weighted by Gasteiger charge is 2.59. The molecule has 0 aromatic heterocycles. The van der Waals surface area contributed by atoms with Crippen LogP contribution in [0, 0.1) is 23.7 Å². The standard InChI is InChI=1S/C15H20N2O3/c1-3-16(4-2)11(18)8-17-14(19)12-9-5-6-10(7-9)13(12)15(17)20/h5-6,9-10,12-13H,3-4,7-8H2,1-2H3/t9-,10-,12+,13+/m0/s1. The van der Waals surface area contributed by atoms with Crippen molar-refractivity contribution >= 4 is 17.7 Å². The largest absolute Gasteiger partial charge is 0.342 e. The number of likely N-dealkylation sites (N-methyl/N-ethyl adjacent to an activating group) is 1. The van der Waals surface area contributed by atoms with E-state index in [1.807, 2.05) is 13.8 Å². The van der Waals surface area contributed by atoms with Crippen molar-refractivity contribution < 1.29 is 14.4 Å². The van der Waals surface area contributed by atoms with Crippen molar-refractivity contribution in [3.63, 3.8) is 0 Å². The Labute approximate surface area is 118 Å². The number of hydrogen-bond acceptors (Lipinski definition) is 3. The van der Waals surface area contributed by atoms with E-state index in [2.05, 4.69) is 12.2 Å². The summed E-state index contributed by atoms with van der Waals surface area (Å²) in [7, 11) is 0. The zero-order chi connectivity index (χ0) is 14.4. The molecule has 2 aliphatic carbocycles. The number of allylic oxidation sites excluding steroid dienone is 2. The molecule has 20 heavy (non-hydrogen) atoms. The highest BCUT2D eigenvalue weighted by atomic mass is 16.2. The van der Waals surface area contributed by atoms with Gasteiger partial charge in [-0.15, -0.1) is 0 Å². The fraction of sp³-hybridized carbons (Fsp3) is 0.667. The van der Waals surface area contributed by atoms with Crippen LogP contribution in [-0.2, 0) is 14.4 Å². The molecule has 0 spiro atoms. The first kappa shape index (κ1) is 13.3. The van der Waals surface area contributed by atoms with Crippen molar-refractivity contribution in [1.29, 1.82) is 0 Å². The Morgan fingerprint density at radius 1 is 1.15 bits per heavy atom. The third-order valence-electron chi connectivity index (χ3n) is 4.97. The highest BCUT2D eigenvalue weighted by Crippen LogP contribution is 2.52. The van der Waals surface area contributed by atoms with Crippen molar-refractivity contribution in [1.82, 2.24) is 9.80 Å². The average Bonchev–Trinajstić information content (AvgIpc) is 3.10. The maximum atomic E-state index is 12.4. The summed E-state index contributed by atoms with van der Waals surface area (Å²) < 4.78 is 0. The first-order chi connectivity index (χ1) is 9.58. The normalized spacial score (nSPS) is 34.0. The maximum Gasteiger partial charge on any atom is 0.242 e. The van der Waals surface area contributed by atoms with Gasteiger partial charge < -0.3 is 4.90 Å². The van der Waals surface area contributed by atoms with E-state index < -0.39 is 0 Å². The summed E-state index contributed by atoms with van der Waals surface area (Å²) in [6, 6.07) is 0. The van der Waals surface area contributed by atoms with Crippen LogP contribution >= 0.6 is 0 Å². The zero-order valence-corrected chi connectivity index (χ0v) is 11.9. The number of likely N-dealkylation sites (tertiary alicyclic amines) is 1. The van der Waals surface area contributed by atoms with Gasteiger partial charge in [-0.2, -0.15) is 0 Å². The molecular formula is C15H20N2O3. The van der Waals surface area contributed by atoms with Crippen LogP contribution in [0.25, 0.3) is 0 Å². The second-order valence-corrected chi connectivity index (χ2v) is 5.83. The molecule has 0 radical (unpaired) electrons. The second-order valence-electron chi connectivity index (χ2n) is 5.83. The summed E-state index contributed by atoms with van der Waals surface area (Å²) >= 11 is 0. The molecule has 0 aromatic rings. The number of imide groups is 1. The van der Waals surface area contributed by atoms with E-state index in [4.69, 9.17) is 0 Å². The van der Waals surface area contributed by atoms with Gasteiger partial charge in [0.15, 0.2) is 0 Å². The SMILES string of the molecule is CCN(CC)C(=O)CN1C(=O)[C@H]2[C@H](C1=O)[C@H]1C=C[C@H]2C1. The zero-order valence-electron chi connectivity index (χ0n) is 11.9. The summed E-state index contributed by atoms with van der Waals surface area (Å²) in [5.74, 6) is -0.430. The summed E-state index contributed by atoms with van der Waals surface area (Å²) in [5, 5.41) is 0. The predicted octanol–water partition coefficient (Wildman–Crippen LogP) is 0.662. The van der Waals surface area contributed by atoms with E-state index in [0.717, 1.165) is 6.42 Å². The highest BCUT2D eigenvalue weighted by molar-refractivity contribution is 6.08. The second kappa shape index (κ2) is 4.72. The van der Waals surface area contributed by atoms with Gasteiger partial charge in [0.25, 0.3) is 0 Å². The van der Waals surface area contributed by atoms with Gasteiger partial charge in [0.1, 0.15) is 6.54 Å². The maximum absolute atomic E-state index is 12.4. The van der Waals surface area contributed by atoms with Crippen molar-refractivity contribution in [3.05, 3.63) is 12.2 Å². The molecule has 0 aromatic carbocycles. The van der Waals surface area contributed by atoms with Crippen molar-refractivity contribution in [2.75, 3.05) is 19.6 Å². The molecule has 3 aliphatic rings. The molecule has 4 atom stereocenters. The van der Waals surface area contributed by atoms with Crippen LogP contribution in [0.1, 0.15) is 20.3 Å². The molecule has 3 amide bonds. The van der Waals surface area contributed by atoms with E-state index in [0.29, 0.717) is 13.1 Å². The summed E-state index contributed by atoms with van der Waals surface area (Å²) in [6.45, 7) is 4.91. The van der Waals surface area contributed by atoms with Crippen LogP contribution in [0.15, 0.2) is 12.2 Å². The first-order valence-electron chi connectivity index (χ1n) is 7.39. The topological polar surface area (TPSA) is 57.7 Å². The van der Waals surface area contributed by atoms with Gasteiger partial charge in [-0.3, -0.25) is 19.3 Å². The van der Waals surface area contributed by atoms with Gasteiger partial charge in [-0.1, -0.05) is 12.2 Å². The van der Waals surface area contributed by atoms with Gasteiger partial charge >= 0.3 is 0 Å². The van der Waals surface area contributed by atoms with Crippen LogP contribution in [0.2, 0.25) is 0 Å². The average molecular weight is 276 g/mol. The molecule has 1 saturated carbocycles. The number of fused-ring (bicyclic) bond motifs is 5. The van der Waals surface area contributed by atoms with E-state index in [1.165, 1.54) is 4.90 Å². The molecule has 1 aliphatic heterocycles. The lowest BCUT2D eigenvalue weighted by molar-refractivity contribution is -0.147. The molecule has 3 rings (SSSR count). The van der Waals surface area contributed by atoms with Crippen LogP contribution in [-0.4, -0.2) is 47.2 Å². The predicted molar refractivity (Wildman–Crippen MR) is 72.4 cm³/mol. The lowest BCUT2D eigenvalue weighted by Gasteiger charge is -2.23. The molecule has 108 valence electrons. The fourth-order valence-electron chi connectivity index (χ4n) is 3.93. The molecular weight excluding hydrogens is 256 g/mol. The smallest absolute Gasteiger partial charge is 0.242 e. The molecule has 0 unspecified atom stereocenters. The third kappa shape index (κ3) is 1.72. The van der Waals surface area contributed by atoms with Gasteiger partial charge in [0.05, 0.1) is 11.8 Å². The quantitative estimate of drug-likeness (QED) is 0.560. The van der Waals surface area contributed by atoms with Gasteiger partial charge in [-0.05, 0) is 32.1 Å². The minimum atomic E-state index is -0.206. The lowest BCUT2D eigenvalue weighted by atomic mass is 9.85. The Balaban J connectivity index is 1.75. The lowest BCUT2D eigenvalue weighted by Crippen LogP contribution is -2.43. The molecule has 5 heteroatoms. The number of carbonyl (C=O) groups is 3. The van der Waals surface area contributed by atoms with Gasteiger partial charge in [0.2, 0.25) is 17.7 Å². The van der Waals surface area contributed by atoms with E-state index >= 15 is 0 Å². The Morgan fingerprint density at radius 3 is 2.10 bits per heavy atom. The van der Waals surface area contributed by atoms with Crippen molar-refractivity contribution in [2.24, 2.45) is 23.7 Å². The molecule has 5 nitrogen and oxygen atoms in total. The van der Waals surface area contributed by atoms with Crippen LogP contribution in [0.3, 0.4) is 0 Å². The number of rotatable bonds is 4. The minimum Gasteiger partial charge on any atom is -0.342 e. The Morgan fingerprint density at radius 2 is 1.65 bits per heavy atom. The van der Waals surface area contributed by atoms with Crippen LogP contribution in [0.4, 0.5) is 0 Å². The third-order valence-corrected chi connectivity index (χ3v) is 4.97.